The Hall–Kier alpha value is -2.96. The van der Waals surface area contributed by atoms with E-state index in [0.717, 1.165) is 11.1 Å². The normalized spacial score (nSPS) is 12.5. The van der Waals surface area contributed by atoms with Crippen LogP contribution in [0.15, 0.2) is 83.8 Å². The molecule has 1 amide bonds. The predicted octanol–water partition coefficient (Wildman–Crippen LogP) is 4.70. The topological polar surface area (TPSA) is 66.5 Å². The number of nitrogens with one attached hydrogen (secondary N) is 1. The van der Waals surface area contributed by atoms with Crippen LogP contribution in [0.1, 0.15) is 46.9 Å². The molecule has 3 rings (SSSR count). The molecular formula is C25H28N2O3S. The van der Waals surface area contributed by atoms with Crippen LogP contribution >= 0.6 is 0 Å². The van der Waals surface area contributed by atoms with Crippen molar-refractivity contribution in [2.24, 2.45) is 0 Å². The molecule has 0 aromatic heterocycles. The van der Waals surface area contributed by atoms with Gasteiger partial charge < -0.3 is 5.32 Å². The molecule has 31 heavy (non-hydrogen) atoms. The number of amides is 1. The summed E-state index contributed by atoms with van der Waals surface area (Å²) in [5.74, 6) is -0.163. The molecule has 0 aliphatic heterocycles. The van der Waals surface area contributed by atoms with Gasteiger partial charge in [-0.2, -0.15) is 4.31 Å². The van der Waals surface area contributed by atoms with Gasteiger partial charge in [-0.3, -0.25) is 4.79 Å². The molecule has 0 saturated carbocycles. The van der Waals surface area contributed by atoms with Gasteiger partial charge in [-0.1, -0.05) is 67.1 Å². The van der Waals surface area contributed by atoms with Gasteiger partial charge in [0, 0.05) is 18.7 Å². The van der Waals surface area contributed by atoms with Crippen molar-refractivity contribution in [1.82, 2.24) is 9.62 Å². The largest absolute Gasteiger partial charge is 0.346 e. The zero-order chi connectivity index (χ0) is 22.4. The van der Waals surface area contributed by atoms with Crippen molar-refractivity contribution in [2.45, 2.75) is 38.3 Å². The molecule has 0 aliphatic carbocycles. The highest BCUT2D eigenvalue weighted by molar-refractivity contribution is 7.89. The highest BCUT2D eigenvalue weighted by atomic mass is 32.2. The Bertz CT molecular complexity index is 1110. The second kappa shape index (κ2) is 9.90. The molecule has 0 heterocycles. The summed E-state index contributed by atoms with van der Waals surface area (Å²) in [5, 5.41) is 3.00. The van der Waals surface area contributed by atoms with Crippen LogP contribution in [-0.4, -0.2) is 25.2 Å². The van der Waals surface area contributed by atoms with Crippen LogP contribution in [-0.2, 0) is 16.6 Å². The van der Waals surface area contributed by atoms with Gasteiger partial charge in [0.1, 0.15) is 0 Å². The second-order valence-corrected chi connectivity index (χ2v) is 9.48. The van der Waals surface area contributed by atoms with Crippen molar-refractivity contribution in [3.63, 3.8) is 0 Å². The number of hydrogen-bond donors (Lipinski definition) is 1. The maximum atomic E-state index is 12.9. The van der Waals surface area contributed by atoms with Gasteiger partial charge in [0.05, 0.1) is 10.9 Å². The third-order valence-electron chi connectivity index (χ3n) is 5.23. The van der Waals surface area contributed by atoms with Crippen LogP contribution in [0.25, 0.3) is 0 Å². The van der Waals surface area contributed by atoms with E-state index in [9.17, 15) is 13.2 Å². The summed E-state index contributed by atoms with van der Waals surface area (Å²) in [6.45, 7) is 6.39. The fourth-order valence-corrected chi connectivity index (χ4v) is 4.75. The van der Waals surface area contributed by atoms with Crippen molar-refractivity contribution >= 4 is 15.9 Å². The van der Waals surface area contributed by atoms with E-state index in [4.69, 9.17) is 0 Å². The van der Waals surface area contributed by atoms with Gasteiger partial charge in [0.15, 0.2) is 0 Å². The van der Waals surface area contributed by atoms with Crippen molar-refractivity contribution < 1.29 is 13.2 Å². The van der Waals surface area contributed by atoms with E-state index < -0.39 is 10.0 Å². The average molecular weight is 437 g/mol. The third kappa shape index (κ3) is 5.60. The maximum absolute atomic E-state index is 12.9. The third-order valence-corrected chi connectivity index (χ3v) is 7.17. The van der Waals surface area contributed by atoms with Crippen molar-refractivity contribution in [2.75, 3.05) is 6.54 Å². The molecule has 1 atom stereocenters. The van der Waals surface area contributed by atoms with Gasteiger partial charge in [0.25, 0.3) is 5.91 Å². The number of benzene rings is 3. The van der Waals surface area contributed by atoms with Crippen LogP contribution in [0.2, 0.25) is 0 Å². The summed E-state index contributed by atoms with van der Waals surface area (Å²) in [5.41, 5.74) is 3.58. The second-order valence-electron chi connectivity index (χ2n) is 7.55. The Labute approximate surface area is 184 Å². The Morgan fingerprint density at radius 3 is 2.13 bits per heavy atom. The predicted molar refractivity (Wildman–Crippen MR) is 123 cm³/mol. The van der Waals surface area contributed by atoms with E-state index in [2.05, 4.69) is 5.32 Å². The zero-order valence-electron chi connectivity index (χ0n) is 18.1. The summed E-state index contributed by atoms with van der Waals surface area (Å²) < 4.78 is 27.2. The van der Waals surface area contributed by atoms with Crippen LogP contribution < -0.4 is 5.32 Å². The summed E-state index contributed by atoms with van der Waals surface area (Å²) in [6.07, 6.45) is 0. The molecule has 0 aliphatic rings. The first kappa shape index (κ1) is 22.7. The Kier molecular flexibility index (Phi) is 7.25. The Balaban J connectivity index is 1.67. The number of nitrogens with zero attached hydrogens (tertiary/aromatic N) is 1. The highest BCUT2D eigenvalue weighted by Gasteiger charge is 2.23. The molecular weight excluding hydrogens is 408 g/mol. The lowest BCUT2D eigenvalue weighted by Gasteiger charge is -2.21. The number of hydrogen-bond acceptors (Lipinski definition) is 3. The minimum Gasteiger partial charge on any atom is -0.346 e. The molecule has 0 fully saturated rings. The average Bonchev–Trinajstić information content (AvgIpc) is 2.78. The molecule has 5 nitrogen and oxygen atoms in total. The Morgan fingerprint density at radius 1 is 0.935 bits per heavy atom. The smallest absolute Gasteiger partial charge is 0.251 e. The van der Waals surface area contributed by atoms with Crippen LogP contribution in [0.5, 0.6) is 0 Å². The van der Waals surface area contributed by atoms with Crippen molar-refractivity contribution in [3.8, 4) is 0 Å². The first-order valence-corrected chi connectivity index (χ1v) is 11.8. The van der Waals surface area contributed by atoms with E-state index >= 15 is 0 Å². The summed E-state index contributed by atoms with van der Waals surface area (Å²) in [4.78, 5) is 12.9. The maximum Gasteiger partial charge on any atom is 0.251 e. The standard InChI is InChI=1S/C25H28N2O3S/c1-4-27(31(29,30)24-8-6-5-7-9-24)18-21-12-16-23(17-13-21)25(28)26-20(3)22-14-10-19(2)11-15-22/h5-17,20H,4,18H2,1-3H3,(H,26,28). The van der Waals surface area contributed by atoms with Gasteiger partial charge in [-0.05, 0) is 49.2 Å². The zero-order valence-corrected chi connectivity index (χ0v) is 18.9. The van der Waals surface area contributed by atoms with E-state index in [0.29, 0.717) is 12.1 Å². The lowest BCUT2D eigenvalue weighted by atomic mass is 10.1. The molecule has 0 saturated heterocycles. The van der Waals surface area contributed by atoms with Crippen molar-refractivity contribution in [3.05, 3.63) is 101 Å². The summed E-state index contributed by atoms with van der Waals surface area (Å²) >= 11 is 0. The SMILES string of the molecule is CCN(Cc1ccc(C(=O)NC(C)c2ccc(C)cc2)cc1)S(=O)(=O)c1ccccc1. The summed E-state index contributed by atoms with van der Waals surface area (Å²) in [6, 6.07) is 23.4. The minimum atomic E-state index is -3.57. The molecule has 3 aromatic carbocycles. The van der Waals surface area contributed by atoms with Crippen LogP contribution in [0, 0.1) is 6.92 Å². The molecule has 0 bridgehead atoms. The quantitative estimate of drug-likeness (QED) is 0.557. The van der Waals surface area contributed by atoms with Gasteiger partial charge >= 0.3 is 0 Å². The molecule has 1 unspecified atom stereocenters. The van der Waals surface area contributed by atoms with E-state index in [-0.39, 0.29) is 23.4 Å². The Morgan fingerprint density at radius 2 is 1.55 bits per heavy atom. The number of sulfonamides is 1. The number of carbonyl (C=O) groups is 1. The highest BCUT2D eigenvalue weighted by Crippen LogP contribution is 2.19. The number of aryl methyl sites for hydroxylation is 1. The molecule has 1 N–H and O–H groups in total. The van der Waals surface area contributed by atoms with Crippen molar-refractivity contribution in [1.29, 1.82) is 0 Å². The lowest BCUT2D eigenvalue weighted by molar-refractivity contribution is 0.0940. The first-order valence-electron chi connectivity index (χ1n) is 10.3. The fraction of sp³-hybridized carbons (Fsp3) is 0.240. The molecule has 0 radical (unpaired) electrons. The first-order chi connectivity index (χ1) is 14.8. The van der Waals surface area contributed by atoms with Crippen LogP contribution in [0.4, 0.5) is 0 Å². The fourth-order valence-electron chi connectivity index (χ4n) is 3.29. The van der Waals surface area contributed by atoms with E-state index in [1.165, 1.54) is 9.87 Å². The lowest BCUT2D eigenvalue weighted by Crippen LogP contribution is -2.30. The summed E-state index contributed by atoms with van der Waals surface area (Å²) in [7, 11) is -3.57. The molecule has 162 valence electrons. The van der Waals surface area contributed by atoms with E-state index in [1.54, 1.807) is 54.6 Å². The van der Waals surface area contributed by atoms with Gasteiger partial charge in [-0.25, -0.2) is 8.42 Å². The van der Waals surface area contributed by atoms with Gasteiger partial charge in [0.2, 0.25) is 10.0 Å². The number of rotatable bonds is 8. The molecule has 0 spiro atoms. The monoisotopic (exact) mass is 436 g/mol. The molecule has 6 heteroatoms. The van der Waals surface area contributed by atoms with Crippen LogP contribution in [0.3, 0.4) is 0 Å². The van der Waals surface area contributed by atoms with Gasteiger partial charge in [-0.15, -0.1) is 0 Å². The van der Waals surface area contributed by atoms with E-state index in [1.807, 2.05) is 45.0 Å². The molecule has 3 aromatic rings. The minimum absolute atomic E-state index is 0.112. The number of carbonyl (C=O) groups excluding carboxylic acids is 1.